The second kappa shape index (κ2) is 7.84. The molecule has 2 aliphatic rings. The first-order valence-electron chi connectivity index (χ1n) is 9.96. The lowest BCUT2D eigenvalue weighted by atomic mass is 9.87. The van der Waals surface area contributed by atoms with Crippen molar-refractivity contribution in [1.82, 2.24) is 4.90 Å². The fourth-order valence-corrected chi connectivity index (χ4v) is 4.40. The third-order valence-corrected chi connectivity index (χ3v) is 6.20. The molecule has 1 amide bonds. The van der Waals surface area contributed by atoms with Gasteiger partial charge in [0.2, 0.25) is 0 Å². The molecule has 148 valence electrons. The monoisotopic (exact) mass is 380 g/mol. The van der Waals surface area contributed by atoms with Crippen molar-refractivity contribution in [3.05, 3.63) is 60.2 Å². The Hall–Kier alpha value is -2.53. The van der Waals surface area contributed by atoms with Crippen molar-refractivity contribution in [3.63, 3.8) is 0 Å². The fraction of sp³-hybridized carbons (Fsp3) is 0.435. The van der Waals surface area contributed by atoms with Gasteiger partial charge >= 0.3 is 0 Å². The molecule has 2 aliphatic heterocycles. The third-order valence-electron chi connectivity index (χ3n) is 6.20. The molecule has 2 heterocycles. The zero-order valence-corrected chi connectivity index (χ0v) is 16.6. The number of hydrogen-bond donors (Lipinski definition) is 0. The molecule has 0 bridgehead atoms. The molecule has 5 nitrogen and oxygen atoms in total. The van der Waals surface area contributed by atoms with Crippen LogP contribution in [0.4, 0.5) is 5.69 Å². The minimum Gasteiger partial charge on any atom is -0.496 e. The number of amides is 1. The summed E-state index contributed by atoms with van der Waals surface area (Å²) in [6, 6.07) is 18.3. The molecule has 0 N–H and O–H groups in total. The molecular weight excluding hydrogens is 352 g/mol. The van der Waals surface area contributed by atoms with Gasteiger partial charge in [-0.05, 0) is 43.5 Å². The smallest absolute Gasteiger partial charge is 0.257 e. The number of likely N-dealkylation sites (N-methyl/N-ethyl adjacent to an activating group) is 1. The van der Waals surface area contributed by atoms with Crippen LogP contribution in [0.15, 0.2) is 54.6 Å². The summed E-state index contributed by atoms with van der Waals surface area (Å²) >= 11 is 0. The van der Waals surface area contributed by atoms with Crippen molar-refractivity contribution in [3.8, 4) is 5.75 Å². The molecule has 1 atom stereocenters. The second-order valence-electron chi connectivity index (χ2n) is 7.79. The van der Waals surface area contributed by atoms with Crippen molar-refractivity contribution >= 4 is 11.6 Å². The molecule has 2 aromatic rings. The molecule has 2 aromatic carbocycles. The largest absolute Gasteiger partial charge is 0.496 e. The van der Waals surface area contributed by atoms with Gasteiger partial charge in [-0.15, -0.1) is 0 Å². The first-order chi connectivity index (χ1) is 13.6. The van der Waals surface area contributed by atoms with Gasteiger partial charge in [-0.2, -0.15) is 0 Å². The van der Waals surface area contributed by atoms with E-state index in [9.17, 15) is 4.79 Å². The average molecular weight is 380 g/mol. The predicted octanol–water partition coefficient (Wildman–Crippen LogP) is 3.60. The SMILES string of the molecule is COc1ccccc1C(=O)N1CCC2(CC1)C[C@H](N(C)c1ccccc1)CO2. The minimum atomic E-state index is -0.106. The Balaban J connectivity index is 1.38. The number of para-hydroxylation sites is 2. The van der Waals surface area contributed by atoms with E-state index in [0.717, 1.165) is 39.0 Å². The highest BCUT2D eigenvalue weighted by Gasteiger charge is 2.44. The molecule has 0 saturated carbocycles. The number of benzene rings is 2. The Bertz CT molecular complexity index is 816. The number of piperidine rings is 1. The summed E-state index contributed by atoms with van der Waals surface area (Å²) in [5, 5.41) is 0. The van der Waals surface area contributed by atoms with Crippen LogP contribution in [0.1, 0.15) is 29.6 Å². The van der Waals surface area contributed by atoms with E-state index in [1.807, 2.05) is 35.2 Å². The Kier molecular flexibility index (Phi) is 5.27. The number of nitrogens with zero attached hydrogens (tertiary/aromatic N) is 2. The Morgan fingerprint density at radius 1 is 1.11 bits per heavy atom. The van der Waals surface area contributed by atoms with Crippen molar-refractivity contribution in [2.45, 2.75) is 30.9 Å². The second-order valence-corrected chi connectivity index (χ2v) is 7.79. The lowest BCUT2D eigenvalue weighted by molar-refractivity contribution is -0.0388. The first kappa shape index (κ1) is 18.8. The number of anilines is 1. The highest BCUT2D eigenvalue weighted by molar-refractivity contribution is 5.97. The normalized spacial score (nSPS) is 20.9. The van der Waals surface area contributed by atoms with E-state index in [-0.39, 0.29) is 11.5 Å². The topological polar surface area (TPSA) is 42.0 Å². The number of methoxy groups -OCH3 is 1. The van der Waals surface area contributed by atoms with Crippen LogP contribution in [-0.4, -0.2) is 56.3 Å². The van der Waals surface area contributed by atoms with Crippen LogP contribution in [0.2, 0.25) is 0 Å². The first-order valence-corrected chi connectivity index (χ1v) is 9.96. The number of hydrogen-bond acceptors (Lipinski definition) is 4. The lowest BCUT2D eigenvalue weighted by Crippen LogP contribution is -2.47. The zero-order chi connectivity index (χ0) is 19.6. The van der Waals surface area contributed by atoms with Crippen LogP contribution in [0.3, 0.4) is 0 Å². The molecule has 5 heteroatoms. The molecule has 0 aliphatic carbocycles. The Morgan fingerprint density at radius 2 is 1.79 bits per heavy atom. The third kappa shape index (κ3) is 3.59. The number of carbonyl (C=O) groups excluding carboxylic acids is 1. The van der Waals surface area contributed by atoms with Gasteiger partial charge in [-0.25, -0.2) is 0 Å². The van der Waals surface area contributed by atoms with E-state index in [4.69, 9.17) is 9.47 Å². The van der Waals surface area contributed by atoms with E-state index in [1.54, 1.807) is 7.11 Å². The van der Waals surface area contributed by atoms with E-state index in [0.29, 0.717) is 17.4 Å². The molecule has 2 fully saturated rings. The van der Waals surface area contributed by atoms with Crippen molar-refractivity contribution < 1.29 is 14.3 Å². The number of likely N-dealkylation sites (tertiary alicyclic amines) is 1. The summed E-state index contributed by atoms with van der Waals surface area (Å²) in [4.78, 5) is 17.2. The molecule has 2 saturated heterocycles. The number of rotatable bonds is 4. The summed E-state index contributed by atoms with van der Waals surface area (Å²) in [6.45, 7) is 2.18. The highest BCUT2D eigenvalue weighted by Crippen LogP contribution is 2.38. The fourth-order valence-electron chi connectivity index (χ4n) is 4.40. The van der Waals surface area contributed by atoms with Gasteiger partial charge in [0.25, 0.3) is 5.91 Å². The van der Waals surface area contributed by atoms with Crippen molar-refractivity contribution in [1.29, 1.82) is 0 Å². The average Bonchev–Trinajstić information content (AvgIpc) is 3.17. The van der Waals surface area contributed by atoms with Gasteiger partial charge in [0.05, 0.1) is 30.9 Å². The number of carbonyl (C=O) groups is 1. The van der Waals surface area contributed by atoms with Gasteiger partial charge in [0.1, 0.15) is 5.75 Å². The van der Waals surface area contributed by atoms with Crippen LogP contribution in [0.25, 0.3) is 0 Å². The predicted molar refractivity (Wildman–Crippen MR) is 110 cm³/mol. The lowest BCUT2D eigenvalue weighted by Gasteiger charge is -2.39. The van der Waals surface area contributed by atoms with Crippen LogP contribution >= 0.6 is 0 Å². The molecule has 0 unspecified atom stereocenters. The zero-order valence-electron chi connectivity index (χ0n) is 16.6. The van der Waals surface area contributed by atoms with E-state index in [1.165, 1.54) is 5.69 Å². The molecule has 4 rings (SSSR count). The quantitative estimate of drug-likeness (QED) is 0.813. The maximum Gasteiger partial charge on any atom is 0.257 e. The summed E-state index contributed by atoms with van der Waals surface area (Å²) in [5.41, 5.74) is 1.75. The van der Waals surface area contributed by atoms with Gasteiger partial charge < -0.3 is 19.3 Å². The molecular formula is C23H28N2O3. The van der Waals surface area contributed by atoms with Crippen LogP contribution in [-0.2, 0) is 4.74 Å². The highest BCUT2D eigenvalue weighted by atomic mass is 16.5. The standard InChI is InChI=1S/C23H28N2O3/c1-24(18-8-4-3-5-9-18)19-16-23(28-17-19)12-14-25(15-13-23)22(26)20-10-6-7-11-21(20)27-2/h3-11,19H,12-17H2,1-2H3/t19-/m0/s1. The van der Waals surface area contributed by atoms with Crippen molar-refractivity contribution in [2.75, 3.05) is 38.8 Å². The van der Waals surface area contributed by atoms with Gasteiger partial charge in [0, 0.05) is 25.8 Å². The molecule has 0 aromatic heterocycles. The van der Waals surface area contributed by atoms with Crippen molar-refractivity contribution in [2.24, 2.45) is 0 Å². The Morgan fingerprint density at radius 3 is 2.50 bits per heavy atom. The maximum atomic E-state index is 12.9. The molecule has 1 spiro atoms. The summed E-state index contributed by atoms with van der Waals surface area (Å²) in [7, 11) is 3.75. The van der Waals surface area contributed by atoms with Gasteiger partial charge in [0.15, 0.2) is 0 Å². The minimum absolute atomic E-state index is 0.0447. The summed E-state index contributed by atoms with van der Waals surface area (Å²) < 4.78 is 11.7. The van der Waals surface area contributed by atoms with E-state index >= 15 is 0 Å². The Labute approximate surface area is 166 Å². The van der Waals surface area contributed by atoms with E-state index < -0.39 is 0 Å². The summed E-state index contributed by atoms with van der Waals surface area (Å²) in [5.74, 6) is 0.678. The van der Waals surface area contributed by atoms with Crippen LogP contribution in [0, 0.1) is 0 Å². The van der Waals surface area contributed by atoms with Gasteiger partial charge in [-0.1, -0.05) is 30.3 Å². The van der Waals surface area contributed by atoms with Crippen LogP contribution in [0.5, 0.6) is 5.75 Å². The summed E-state index contributed by atoms with van der Waals surface area (Å²) in [6.07, 6.45) is 2.77. The van der Waals surface area contributed by atoms with E-state index in [2.05, 4.69) is 36.2 Å². The maximum absolute atomic E-state index is 12.9. The molecule has 28 heavy (non-hydrogen) atoms. The molecule has 0 radical (unpaired) electrons. The number of ether oxygens (including phenoxy) is 2. The van der Waals surface area contributed by atoms with Crippen LogP contribution < -0.4 is 9.64 Å². The van der Waals surface area contributed by atoms with Gasteiger partial charge in [-0.3, -0.25) is 4.79 Å².